The van der Waals surface area contributed by atoms with E-state index < -0.39 is 6.04 Å². The van der Waals surface area contributed by atoms with Crippen LogP contribution in [0.2, 0.25) is 0 Å². The van der Waals surface area contributed by atoms with Gasteiger partial charge in [-0.3, -0.25) is 9.59 Å². The lowest BCUT2D eigenvalue weighted by Crippen LogP contribution is -2.58. The fourth-order valence-electron chi connectivity index (χ4n) is 4.47. The number of nitrogens with zero attached hydrogens (tertiary/aromatic N) is 3. The maximum Gasteiger partial charge on any atom is 0.254 e. The number of carbonyl (C=O) groups excluding carboxylic acids is 2. The molecule has 2 heterocycles. The molecule has 0 bridgehead atoms. The number of rotatable bonds is 4. The van der Waals surface area contributed by atoms with Gasteiger partial charge >= 0.3 is 0 Å². The van der Waals surface area contributed by atoms with Gasteiger partial charge in [0.1, 0.15) is 11.9 Å². The van der Waals surface area contributed by atoms with Crippen molar-refractivity contribution >= 4 is 22.8 Å². The van der Waals surface area contributed by atoms with E-state index in [1.165, 1.54) is 0 Å². The Morgan fingerprint density at radius 3 is 2.52 bits per heavy atom. The van der Waals surface area contributed by atoms with Gasteiger partial charge in [0.15, 0.2) is 0 Å². The van der Waals surface area contributed by atoms with Crippen LogP contribution in [-0.4, -0.2) is 45.4 Å². The molecule has 0 saturated carbocycles. The molecule has 4 aromatic rings. The van der Waals surface area contributed by atoms with Gasteiger partial charge in [-0.1, -0.05) is 54.6 Å². The molecule has 6 heteroatoms. The van der Waals surface area contributed by atoms with Crippen molar-refractivity contribution in [1.29, 1.82) is 0 Å². The Hall–Kier alpha value is -3.93. The Morgan fingerprint density at radius 2 is 1.76 bits per heavy atom. The predicted molar refractivity (Wildman–Crippen MR) is 129 cm³/mol. The summed E-state index contributed by atoms with van der Waals surface area (Å²) < 4.78 is 2.00. The number of aryl methyl sites for hydroxylation is 2. The van der Waals surface area contributed by atoms with E-state index >= 15 is 0 Å². The zero-order chi connectivity index (χ0) is 22.9. The molecule has 33 heavy (non-hydrogen) atoms. The second-order valence-electron chi connectivity index (χ2n) is 8.49. The number of fused-ring (bicyclic) bond motifs is 1. The summed E-state index contributed by atoms with van der Waals surface area (Å²) in [6.45, 7) is 2.88. The lowest BCUT2D eigenvalue weighted by Gasteiger charge is -2.35. The van der Waals surface area contributed by atoms with Crippen molar-refractivity contribution in [1.82, 2.24) is 19.8 Å². The van der Waals surface area contributed by atoms with Gasteiger partial charge in [0.05, 0.1) is 11.0 Å². The minimum atomic E-state index is -0.546. The van der Waals surface area contributed by atoms with E-state index in [9.17, 15) is 9.59 Å². The van der Waals surface area contributed by atoms with E-state index in [1.54, 1.807) is 4.90 Å². The molecule has 0 aliphatic carbocycles. The molecule has 1 atom stereocenters. The summed E-state index contributed by atoms with van der Waals surface area (Å²) in [5.74, 6) is 0.640. The first-order chi connectivity index (χ1) is 16.0. The van der Waals surface area contributed by atoms with Crippen molar-refractivity contribution in [3.8, 4) is 11.1 Å². The largest absolute Gasteiger partial charge is 0.353 e. The van der Waals surface area contributed by atoms with Crippen molar-refractivity contribution in [3.63, 3.8) is 0 Å². The highest BCUT2D eigenvalue weighted by atomic mass is 16.2. The van der Waals surface area contributed by atoms with Crippen LogP contribution in [0, 0.1) is 6.92 Å². The predicted octanol–water partition coefficient (Wildman–Crippen LogP) is 3.73. The second kappa shape index (κ2) is 8.54. The first kappa shape index (κ1) is 20.9. The summed E-state index contributed by atoms with van der Waals surface area (Å²) in [6, 6.07) is 23.4. The third kappa shape index (κ3) is 4.00. The molecule has 1 aromatic heterocycles. The highest BCUT2D eigenvalue weighted by Crippen LogP contribution is 2.23. The maximum absolute atomic E-state index is 13.4. The van der Waals surface area contributed by atoms with Gasteiger partial charge in [-0.05, 0) is 41.8 Å². The van der Waals surface area contributed by atoms with Crippen LogP contribution in [0.4, 0.5) is 0 Å². The lowest BCUT2D eigenvalue weighted by atomic mass is 9.98. The van der Waals surface area contributed by atoms with Crippen molar-refractivity contribution in [2.24, 2.45) is 7.05 Å². The summed E-state index contributed by atoms with van der Waals surface area (Å²) >= 11 is 0. The molecule has 2 amide bonds. The van der Waals surface area contributed by atoms with Crippen LogP contribution in [0.3, 0.4) is 0 Å². The summed E-state index contributed by atoms with van der Waals surface area (Å²) in [7, 11) is 1.96. The SMILES string of the molecule is Cc1nc2cc(C(=O)N3CCNC(=O)[C@H]3Cc3ccc(-c4ccccc4)cc3)ccc2n1C. The van der Waals surface area contributed by atoms with Gasteiger partial charge in [-0.25, -0.2) is 4.98 Å². The fourth-order valence-corrected chi connectivity index (χ4v) is 4.47. The Labute approximate surface area is 192 Å². The summed E-state index contributed by atoms with van der Waals surface area (Å²) in [6.07, 6.45) is 0.470. The second-order valence-corrected chi connectivity index (χ2v) is 8.49. The topological polar surface area (TPSA) is 67.2 Å². The average Bonchev–Trinajstić information content (AvgIpc) is 3.13. The van der Waals surface area contributed by atoms with Crippen LogP contribution in [0.1, 0.15) is 21.7 Å². The number of aromatic nitrogens is 2. The molecular weight excluding hydrogens is 412 g/mol. The highest BCUT2D eigenvalue weighted by Gasteiger charge is 2.33. The van der Waals surface area contributed by atoms with Crippen LogP contribution in [0.15, 0.2) is 72.8 Å². The monoisotopic (exact) mass is 438 g/mol. The zero-order valence-corrected chi connectivity index (χ0v) is 18.8. The number of carbonyl (C=O) groups is 2. The molecule has 0 radical (unpaired) electrons. The molecule has 0 unspecified atom stereocenters. The van der Waals surface area contributed by atoms with Gasteiger partial charge in [0.2, 0.25) is 5.91 Å². The third-order valence-corrected chi connectivity index (χ3v) is 6.43. The number of nitrogens with one attached hydrogen (secondary N) is 1. The molecule has 5 rings (SSSR count). The lowest BCUT2D eigenvalue weighted by molar-refractivity contribution is -0.127. The van der Waals surface area contributed by atoms with Gasteiger partial charge in [0, 0.05) is 32.1 Å². The summed E-state index contributed by atoms with van der Waals surface area (Å²) in [5.41, 5.74) is 5.62. The van der Waals surface area contributed by atoms with Crippen LogP contribution < -0.4 is 5.32 Å². The Kier molecular flexibility index (Phi) is 5.42. The number of imidazole rings is 1. The highest BCUT2D eigenvalue weighted by molar-refractivity contribution is 6.00. The van der Waals surface area contributed by atoms with Crippen molar-refractivity contribution in [2.75, 3.05) is 13.1 Å². The molecule has 1 saturated heterocycles. The van der Waals surface area contributed by atoms with E-state index in [4.69, 9.17) is 0 Å². The minimum Gasteiger partial charge on any atom is -0.353 e. The van der Waals surface area contributed by atoms with Crippen LogP contribution in [-0.2, 0) is 18.3 Å². The number of benzene rings is 3. The zero-order valence-electron chi connectivity index (χ0n) is 18.8. The van der Waals surface area contributed by atoms with Crippen LogP contribution in [0.25, 0.3) is 22.2 Å². The van der Waals surface area contributed by atoms with Gasteiger partial charge in [-0.15, -0.1) is 0 Å². The Morgan fingerprint density at radius 1 is 1.03 bits per heavy atom. The van der Waals surface area contributed by atoms with E-state index in [0.717, 1.165) is 33.5 Å². The first-order valence-electron chi connectivity index (χ1n) is 11.2. The normalized spacial score (nSPS) is 16.1. The average molecular weight is 439 g/mol. The van der Waals surface area contributed by atoms with Crippen molar-refractivity contribution in [2.45, 2.75) is 19.4 Å². The van der Waals surface area contributed by atoms with E-state index in [1.807, 2.05) is 67.1 Å². The maximum atomic E-state index is 13.4. The molecule has 1 aliphatic rings. The molecule has 166 valence electrons. The Balaban J connectivity index is 1.39. The van der Waals surface area contributed by atoms with Gasteiger partial charge < -0.3 is 14.8 Å². The molecule has 6 nitrogen and oxygen atoms in total. The Bertz CT molecular complexity index is 1330. The van der Waals surface area contributed by atoms with Gasteiger partial charge in [-0.2, -0.15) is 0 Å². The number of piperazine rings is 1. The van der Waals surface area contributed by atoms with Crippen LogP contribution >= 0.6 is 0 Å². The van der Waals surface area contributed by atoms with Crippen LogP contribution in [0.5, 0.6) is 0 Å². The van der Waals surface area contributed by atoms with Gasteiger partial charge in [0.25, 0.3) is 5.91 Å². The first-order valence-corrected chi connectivity index (χ1v) is 11.2. The van der Waals surface area contributed by atoms with E-state index in [2.05, 4.69) is 34.6 Å². The fraction of sp³-hybridized carbons (Fsp3) is 0.222. The van der Waals surface area contributed by atoms with Crippen molar-refractivity contribution < 1.29 is 9.59 Å². The smallest absolute Gasteiger partial charge is 0.254 e. The summed E-state index contributed by atoms with van der Waals surface area (Å²) in [5, 5.41) is 2.92. The molecule has 1 N–H and O–H groups in total. The van der Waals surface area contributed by atoms with E-state index in [-0.39, 0.29) is 11.8 Å². The van der Waals surface area contributed by atoms with Crippen molar-refractivity contribution in [3.05, 3.63) is 89.7 Å². The number of amides is 2. The standard InChI is InChI=1S/C27H26N4O2/c1-18-29-23-17-22(12-13-24(23)30(18)2)27(33)31-15-14-28-26(32)25(31)16-19-8-10-21(11-9-19)20-6-4-3-5-7-20/h3-13,17,25H,14-16H2,1-2H3,(H,28,32)/t25-/m1/s1. The number of hydrogen-bond acceptors (Lipinski definition) is 3. The van der Waals surface area contributed by atoms with E-state index in [0.29, 0.717) is 25.1 Å². The summed E-state index contributed by atoms with van der Waals surface area (Å²) in [4.78, 5) is 32.4. The molecule has 1 fully saturated rings. The molecular formula is C27H26N4O2. The minimum absolute atomic E-state index is 0.114. The molecule has 3 aromatic carbocycles. The molecule has 0 spiro atoms. The number of hydrogen-bond donors (Lipinski definition) is 1. The third-order valence-electron chi connectivity index (χ3n) is 6.43. The quantitative estimate of drug-likeness (QED) is 0.528. The molecule has 1 aliphatic heterocycles.